The zero-order chi connectivity index (χ0) is 32.8. The average Bonchev–Trinajstić information content (AvgIpc) is 3.04. The first-order chi connectivity index (χ1) is 22.1. The number of hydrogen-bond donors (Lipinski definition) is 3. The summed E-state index contributed by atoms with van der Waals surface area (Å²) >= 11 is 0. The number of alkyl halides is 2. The molecule has 46 heavy (non-hydrogen) atoms. The summed E-state index contributed by atoms with van der Waals surface area (Å²) < 4.78 is 54.5. The molecule has 0 radical (unpaired) electrons. The number of carboxylic acids is 1. The van der Waals surface area contributed by atoms with Gasteiger partial charge in [-0.25, -0.2) is 0 Å². The molecule has 5 rings (SSSR count). The molecule has 0 saturated heterocycles. The summed E-state index contributed by atoms with van der Waals surface area (Å²) in [5.74, 6) is -0.110. The van der Waals surface area contributed by atoms with Gasteiger partial charge in [0.1, 0.15) is 37.4 Å². The second-order valence-electron chi connectivity index (χ2n) is 10.7. The lowest BCUT2D eigenvalue weighted by Crippen LogP contribution is -2.39. The molecule has 1 heterocycles. The first kappa shape index (κ1) is 32.2. The van der Waals surface area contributed by atoms with Crippen LogP contribution in [0.1, 0.15) is 33.4 Å². The van der Waals surface area contributed by atoms with Gasteiger partial charge in [0, 0.05) is 18.2 Å². The van der Waals surface area contributed by atoms with Gasteiger partial charge in [-0.15, -0.1) is 0 Å². The highest BCUT2D eigenvalue weighted by atomic mass is 19.3. The molecule has 0 aliphatic carbocycles. The molecule has 0 fully saturated rings. The molecule has 0 bridgehead atoms. The molecular formula is C35H32F2N2O7. The predicted molar refractivity (Wildman–Crippen MR) is 164 cm³/mol. The van der Waals surface area contributed by atoms with Crippen LogP contribution in [0.25, 0.3) is 11.1 Å². The first-order valence-corrected chi connectivity index (χ1v) is 14.5. The topological polar surface area (TPSA) is 130 Å². The van der Waals surface area contributed by atoms with Crippen molar-refractivity contribution < 1.29 is 42.7 Å². The Kier molecular flexibility index (Phi) is 9.70. The van der Waals surface area contributed by atoms with E-state index in [1.54, 1.807) is 62.4 Å². The molecular weight excluding hydrogens is 598 g/mol. The number of rotatable bonds is 12. The van der Waals surface area contributed by atoms with Crippen LogP contribution in [0.2, 0.25) is 0 Å². The van der Waals surface area contributed by atoms with Crippen LogP contribution >= 0.6 is 0 Å². The van der Waals surface area contributed by atoms with E-state index in [2.05, 4.69) is 11.4 Å². The number of halogens is 2. The number of aliphatic hydroxyl groups excluding tert-OH is 1. The number of aliphatic hydroxyl groups is 1. The molecule has 9 nitrogen and oxygen atoms in total. The minimum absolute atomic E-state index is 0.000844. The van der Waals surface area contributed by atoms with Crippen molar-refractivity contribution in [1.82, 2.24) is 5.32 Å². The number of nitriles is 1. The summed E-state index contributed by atoms with van der Waals surface area (Å²) in [6.45, 7) is 3.41. The molecule has 0 saturated carbocycles. The summed E-state index contributed by atoms with van der Waals surface area (Å²) in [4.78, 5) is 11.4. The highest BCUT2D eigenvalue weighted by Gasteiger charge is 2.37. The van der Waals surface area contributed by atoms with E-state index in [4.69, 9.17) is 18.9 Å². The highest BCUT2D eigenvalue weighted by Crippen LogP contribution is 2.41. The van der Waals surface area contributed by atoms with Crippen molar-refractivity contribution in [1.29, 1.82) is 5.26 Å². The summed E-state index contributed by atoms with van der Waals surface area (Å²) in [5, 5.41) is 30.8. The van der Waals surface area contributed by atoms with E-state index in [1.807, 2.05) is 0 Å². The third-order valence-electron chi connectivity index (χ3n) is 7.61. The second-order valence-corrected chi connectivity index (χ2v) is 10.7. The van der Waals surface area contributed by atoms with Crippen LogP contribution < -0.4 is 24.3 Å². The predicted octanol–water partition coefficient (Wildman–Crippen LogP) is 5.86. The van der Waals surface area contributed by atoms with Crippen molar-refractivity contribution in [3.63, 3.8) is 0 Å². The first-order valence-electron chi connectivity index (χ1n) is 14.5. The van der Waals surface area contributed by atoms with Crippen molar-refractivity contribution in [2.45, 2.75) is 39.1 Å². The van der Waals surface area contributed by atoms with Crippen LogP contribution in [-0.4, -0.2) is 42.0 Å². The van der Waals surface area contributed by atoms with Gasteiger partial charge in [-0.1, -0.05) is 30.3 Å². The van der Waals surface area contributed by atoms with Gasteiger partial charge < -0.3 is 29.2 Å². The lowest BCUT2D eigenvalue weighted by Gasteiger charge is -2.24. The van der Waals surface area contributed by atoms with Crippen LogP contribution in [0.5, 0.6) is 23.0 Å². The Hall–Kier alpha value is -5.18. The van der Waals surface area contributed by atoms with Crippen LogP contribution in [0, 0.1) is 25.2 Å². The summed E-state index contributed by atoms with van der Waals surface area (Å²) in [7, 11) is 0. The zero-order valence-corrected chi connectivity index (χ0v) is 25.2. The van der Waals surface area contributed by atoms with Crippen LogP contribution in [0.4, 0.5) is 8.78 Å². The fourth-order valence-electron chi connectivity index (χ4n) is 5.19. The molecule has 3 N–H and O–H groups in total. The third-order valence-corrected chi connectivity index (χ3v) is 7.61. The van der Waals surface area contributed by atoms with E-state index in [9.17, 15) is 20.3 Å². The monoisotopic (exact) mass is 630 g/mol. The molecule has 1 aliphatic heterocycles. The summed E-state index contributed by atoms with van der Waals surface area (Å²) in [5.41, 5.74) is 3.33. The normalized spacial score (nSPS) is 13.0. The molecule has 11 heteroatoms. The van der Waals surface area contributed by atoms with E-state index in [0.717, 1.165) is 0 Å². The number of carboxylic acid groups (broad SMARTS) is 1. The summed E-state index contributed by atoms with van der Waals surface area (Å²) in [6, 6.07) is 20.2. The van der Waals surface area contributed by atoms with Crippen LogP contribution in [0.3, 0.4) is 0 Å². The third kappa shape index (κ3) is 7.20. The maximum atomic E-state index is 15.9. The fraction of sp³-hybridized carbons (Fsp3) is 0.257. The van der Waals surface area contributed by atoms with E-state index in [1.165, 1.54) is 24.3 Å². The van der Waals surface area contributed by atoms with Gasteiger partial charge in [-0.3, -0.25) is 10.1 Å². The van der Waals surface area contributed by atoms with E-state index < -0.39 is 24.7 Å². The quantitative estimate of drug-likeness (QED) is 0.176. The molecule has 1 atom stereocenters. The van der Waals surface area contributed by atoms with Gasteiger partial charge in [-0.05, 0) is 78.1 Å². The van der Waals surface area contributed by atoms with Gasteiger partial charge in [0.25, 0.3) is 0 Å². The Morgan fingerprint density at radius 3 is 2.54 bits per heavy atom. The number of nitrogens with one attached hydrogen (secondary N) is 1. The Bertz CT molecular complexity index is 1790. The minimum atomic E-state index is -3.75. The Labute approximate surface area is 264 Å². The smallest absolute Gasteiger partial charge is 0.426 e. The number of benzene rings is 4. The molecule has 238 valence electrons. The minimum Gasteiger partial charge on any atom is -0.488 e. The van der Waals surface area contributed by atoms with Gasteiger partial charge in [-0.2, -0.15) is 14.0 Å². The number of aliphatic carboxylic acids is 1. The Morgan fingerprint density at radius 2 is 1.80 bits per heavy atom. The molecule has 0 spiro atoms. The number of aryl methyl sites for hydroxylation is 1. The molecule has 0 unspecified atom stereocenters. The number of ether oxygens (including phenoxy) is 4. The second kappa shape index (κ2) is 13.9. The fourth-order valence-corrected chi connectivity index (χ4v) is 5.19. The standard InChI is InChI=1S/C35H32F2N2O7/c1-21-13-26(16-32(28(21)18-39-30(19-40)34(41)42)45-20-24-6-3-5-23(14-24)17-38)46-35(36,37)29-8-4-7-27(22(29)2)25-9-10-31-33(15-25)44-12-11-43-31/h3-10,13-16,30,39-40H,11-12,18-20H2,1-2H3,(H,41,42)/t30-/m1/s1. The van der Waals surface area contributed by atoms with Gasteiger partial charge in [0.05, 0.1) is 23.8 Å². The van der Waals surface area contributed by atoms with Crippen molar-refractivity contribution >= 4 is 5.97 Å². The van der Waals surface area contributed by atoms with Crippen LogP contribution in [-0.2, 0) is 24.1 Å². The highest BCUT2D eigenvalue weighted by molar-refractivity contribution is 5.73. The molecule has 1 aliphatic rings. The van der Waals surface area contributed by atoms with Gasteiger partial charge in [0.2, 0.25) is 0 Å². The van der Waals surface area contributed by atoms with E-state index in [0.29, 0.717) is 63.7 Å². The van der Waals surface area contributed by atoms with Gasteiger partial charge >= 0.3 is 12.1 Å². The number of nitrogens with zero attached hydrogens (tertiary/aromatic N) is 1. The average molecular weight is 631 g/mol. The lowest BCUT2D eigenvalue weighted by molar-refractivity contribution is -0.185. The maximum absolute atomic E-state index is 15.9. The van der Waals surface area contributed by atoms with E-state index in [-0.39, 0.29) is 30.2 Å². The zero-order valence-electron chi connectivity index (χ0n) is 25.2. The SMILES string of the molecule is Cc1cc(OC(F)(F)c2cccc(-c3ccc4c(c3)OCCO4)c2C)cc(OCc2cccc(C#N)c2)c1CN[C@H](CO)C(=O)O. The molecule has 4 aromatic carbocycles. The van der Waals surface area contributed by atoms with E-state index >= 15 is 8.78 Å². The molecule has 0 aromatic heterocycles. The molecule has 0 amide bonds. The van der Waals surface area contributed by atoms with Crippen molar-refractivity contribution in [2.24, 2.45) is 0 Å². The maximum Gasteiger partial charge on any atom is 0.426 e. The van der Waals surface area contributed by atoms with Crippen LogP contribution in [0.15, 0.2) is 72.8 Å². The van der Waals surface area contributed by atoms with Gasteiger partial charge in [0.15, 0.2) is 11.5 Å². The van der Waals surface area contributed by atoms with Crippen molar-refractivity contribution in [3.05, 3.63) is 106 Å². The van der Waals surface area contributed by atoms with Crippen molar-refractivity contribution in [3.8, 4) is 40.2 Å². The largest absolute Gasteiger partial charge is 0.488 e. The number of fused-ring (bicyclic) bond motifs is 1. The van der Waals surface area contributed by atoms with Crippen molar-refractivity contribution in [2.75, 3.05) is 19.8 Å². The number of hydrogen-bond acceptors (Lipinski definition) is 8. The lowest BCUT2D eigenvalue weighted by atomic mass is 9.95. The molecule has 4 aromatic rings. The summed E-state index contributed by atoms with van der Waals surface area (Å²) in [6.07, 6.45) is -3.75. The number of carbonyl (C=O) groups is 1. The Balaban J connectivity index is 1.45. The Morgan fingerprint density at radius 1 is 1.04 bits per heavy atom.